The van der Waals surface area contributed by atoms with Crippen molar-refractivity contribution in [3.8, 4) is 0 Å². The molecule has 0 saturated carbocycles. The second-order valence-corrected chi connectivity index (χ2v) is 9.90. The van der Waals surface area contributed by atoms with Crippen LogP contribution in [0.3, 0.4) is 0 Å². The van der Waals surface area contributed by atoms with Gasteiger partial charge in [-0.2, -0.15) is 13.6 Å². The van der Waals surface area contributed by atoms with Crippen LogP contribution in [0.25, 0.3) is 0 Å². The zero-order valence-electron chi connectivity index (χ0n) is 15.9. The van der Waals surface area contributed by atoms with Crippen molar-refractivity contribution in [1.29, 1.82) is 0 Å². The summed E-state index contributed by atoms with van der Waals surface area (Å²) in [5.41, 5.74) is 4.39. The minimum Gasteiger partial charge on any atom is -0.387 e. The summed E-state index contributed by atoms with van der Waals surface area (Å²) in [5.74, 6) is -0.122. The van der Waals surface area contributed by atoms with Crippen LogP contribution in [0.1, 0.15) is 6.23 Å². The Morgan fingerprint density at radius 3 is 2.16 bits per heavy atom. The predicted molar refractivity (Wildman–Crippen MR) is 100 cm³/mol. The fourth-order valence-electron chi connectivity index (χ4n) is 2.19. The van der Waals surface area contributed by atoms with Crippen molar-refractivity contribution in [2.75, 3.05) is 12.3 Å². The van der Waals surface area contributed by atoms with Crippen molar-refractivity contribution in [2.45, 2.75) is 24.5 Å². The van der Waals surface area contributed by atoms with Crippen LogP contribution in [-0.2, 0) is 31.6 Å². The normalized spacial score (nSPS) is 27.4. The second-order valence-electron chi connectivity index (χ2n) is 5.48. The summed E-state index contributed by atoms with van der Waals surface area (Å²) in [6.45, 7) is -1.02. The molecule has 0 spiro atoms. The van der Waals surface area contributed by atoms with Crippen LogP contribution in [0.5, 0.6) is 0 Å². The van der Waals surface area contributed by atoms with E-state index in [1.54, 1.807) is 0 Å². The molecule has 2 radical (unpaired) electrons. The average Bonchev–Trinajstić information content (AvgIpc) is 2.78. The predicted octanol–water partition coefficient (Wildman–Crippen LogP) is -2.97. The molecule has 0 bridgehead atoms. The Kier molecular flexibility index (Phi) is 12.5. The minimum absolute atomic E-state index is 0. The summed E-state index contributed by atoms with van der Waals surface area (Å²) in [7, 11) is -16.7. The van der Waals surface area contributed by atoms with Gasteiger partial charge in [-0.1, -0.05) is 0 Å². The quantitative estimate of drug-likeness (QED) is 0.131. The van der Waals surface area contributed by atoms with E-state index < -0.39 is 60.3 Å². The van der Waals surface area contributed by atoms with Crippen LogP contribution < -0.4 is 11.4 Å². The molecule has 1 aliphatic heterocycles. The Balaban J connectivity index is 0.00000450. The summed E-state index contributed by atoms with van der Waals surface area (Å²) >= 11 is 0. The van der Waals surface area contributed by atoms with Crippen LogP contribution in [0, 0.1) is 0 Å². The summed E-state index contributed by atoms with van der Waals surface area (Å²) in [6.07, 6.45) is -5.38. The third-order valence-electron chi connectivity index (χ3n) is 3.28. The van der Waals surface area contributed by atoms with Crippen LogP contribution >= 0.6 is 23.5 Å². The van der Waals surface area contributed by atoms with E-state index in [1.807, 2.05) is 0 Å². The third-order valence-corrected chi connectivity index (χ3v) is 7.08. The van der Waals surface area contributed by atoms with Crippen molar-refractivity contribution >= 4 is 88.4 Å². The molecule has 6 atom stereocenters. The molecule has 22 heteroatoms. The molecule has 31 heavy (non-hydrogen) atoms. The Morgan fingerprint density at radius 2 is 1.65 bits per heavy atom. The molecule has 8 N–H and O–H groups in total. The summed E-state index contributed by atoms with van der Waals surface area (Å²) < 4.78 is 50.8. The van der Waals surface area contributed by atoms with Gasteiger partial charge in [0.25, 0.3) is 0 Å². The number of ether oxygens (including phenoxy) is 1. The number of phosphoric ester groups is 1. The van der Waals surface area contributed by atoms with Gasteiger partial charge in [-0.15, -0.1) is 0 Å². The fraction of sp³-hybridized carbons (Fsp3) is 0.556. The molecule has 0 aromatic carbocycles. The molecule has 168 valence electrons. The number of phosphoric acid groups is 3. The SMILES string of the molecule is Nc1ccn(C2OC(COP(=O)(O)OP(=O)(O)OP(=O)(O)O)C(O)C2O)c(=O)n1.[Na].[Na]. The summed E-state index contributed by atoms with van der Waals surface area (Å²) in [5, 5.41) is 20.0. The number of hydrogen-bond donors (Lipinski definition) is 7. The average molecular weight is 529 g/mol. The number of rotatable bonds is 8. The smallest absolute Gasteiger partial charge is 0.387 e. The zero-order chi connectivity index (χ0) is 22.2. The van der Waals surface area contributed by atoms with Gasteiger partial charge in [-0.25, -0.2) is 18.5 Å². The Hall–Kier alpha value is 0.970. The number of nitrogens with zero attached hydrogens (tertiary/aromatic N) is 2. The topological polar surface area (TPSA) is 270 Å². The molecule has 6 unspecified atom stereocenters. The van der Waals surface area contributed by atoms with Crippen molar-refractivity contribution in [2.24, 2.45) is 0 Å². The standard InChI is InChI=1S/C9H16N3O14P3.2Na/c10-5-1-2-12(9(15)11-5)8-7(14)6(13)4(24-8)3-23-28(19,20)26-29(21,22)25-27(16,17)18;;/h1-2,4,6-8,13-14H,3H2,(H,19,20)(H,21,22)(H2,10,11,15)(H2,16,17,18);;. The Labute approximate surface area is 217 Å². The molecule has 1 saturated heterocycles. The fourth-order valence-corrected chi connectivity index (χ4v) is 5.22. The first kappa shape index (κ1) is 32.0. The molecular weight excluding hydrogens is 513 g/mol. The van der Waals surface area contributed by atoms with Gasteiger partial charge >= 0.3 is 29.2 Å². The minimum atomic E-state index is -5.71. The molecule has 0 aliphatic carbocycles. The molecule has 1 fully saturated rings. The number of aliphatic hydroxyl groups is 2. The van der Waals surface area contributed by atoms with Crippen molar-refractivity contribution in [1.82, 2.24) is 9.55 Å². The summed E-state index contributed by atoms with van der Waals surface area (Å²) in [6, 6.07) is 1.20. The molecule has 17 nitrogen and oxygen atoms in total. The van der Waals surface area contributed by atoms with Crippen molar-refractivity contribution in [3.63, 3.8) is 0 Å². The van der Waals surface area contributed by atoms with E-state index in [2.05, 4.69) is 18.1 Å². The third kappa shape index (κ3) is 9.62. The van der Waals surface area contributed by atoms with Gasteiger partial charge in [0.2, 0.25) is 0 Å². The van der Waals surface area contributed by atoms with E-state index in [0.29, 0.717) is 0 Å². The molecule has 0 amide bonds. The molecule has 1 aromatic rings. The zero-order valence-corrected chi connectivity index (χ0v) is 22.6. The van der Waals surface area contributed by atoms with Gasteiger partial charge in [-0.05, 0) is 6.07 Å². The summed E-state index contributed by atoms with van der Waals surface area (Å²) in [4.78, 5) is 50.5. The van der Waals surface area contributed by atoms with Gasteiger partial charge in [-0.3, -0.25) is 9.09 Å². The second kappa shape index (κ2) is 12.1. The number of aliphatic hydroxyl groups excluding tert-OH is 2. The van der Waals surface area contributed by atoms with Gasteiger partial charge in [0.15, 0.2) is 6.23 Å². The van der Waals surface area contributed by atoms with Crippen molar-refractivity contribution < 1.29 is 61.4 Å². The van der Waals surface area contributed by atoms with E-state index in [-0.39, 0.29) is 64.9 Å². The van der Waals surface area contributed by atoms with Crippen LogP contribution in [0.15, 0.2) is 17.1 Å². The molecule has 1 aliphatic rings. The number of hydrogen-bond acceptors (Lipinski definition) is 12. The van der Waals surface area contributed by atoms with Crippen LogP contribution in [0.4, 0.5) is 5.82 Å². The van der Waals surface area contributed by atoms with Gasteiger partial charge in [0.1, 0.15) is 24.1 Å². The van der Waals surface area contributed by atoms with Gasteiger partial charge in [0.05, 0.1) is 6.61 Å². The van der Waals surface area contributed by atoms with E-state index in [1.165, 1.54) is 6.07 Å². The largest absolute Gasteiger partial charge is 0.490 e. The molecule has 1 aromatic heterocycles. The first-order valence-electron chi connectivity index (χ1n) is 7.25. The first-order chi connectivity index (χ1) is 13.1. The van der Waals surface area contributed by atoms with E-state index >= 15 is 0 Å². The molecular formula is C9H16N3Na2O14P3. The maximum absolute atomic E-state index is 11.8. The number of aromatic nitrogens is 2. The van der Waals surface area contributed by atoms with Gasteiger partial charge < -0.3 is 40.3 Å². The molecule has 2 rings (SSSR count). The van der Waals surface area contributed by atoms with Crippen molar-refractivity contribution in [3.05, 3.63) is 22.7 Å². The number of nitrogens with two attached hydrogens (primary N) is 1. The molecule has 2 heterocycles. The maximum Gasteiger partial charge on any atom is 0.490 e. The van der Waals surface area contributed by atoms with E-state index in [4.69, 9.17) is 25.2 Å². The van der Waals surface area contributed by atoms with Crippen LogP contribution in [-0.4, -0.2) is 123 Å². The Morgan fingerprint density at radius 1 is 1.06 bits per heavy atom. The number of anilines is 1. The first-order valence-corrected chi connectivity index (χ1v) is 11.8. The van der Waals surface area contributed by atoms with Gasteiger partial charge in [0, 0.05) is 65.3 Å². The van der Waals surface area contributed by atoms with E-state index in [9.17, 15) is 33.6 Å². The monoisotopic (exact) mass is 529 g/mol. The number of nitrogen functional groups attached to an aromatic ring is 1. The maximum atomic E-state index is 11.8. The van der Waals surface area contributed by atoms with Crippen LogP contribution in [0.2, 0.25) is 0 Å². The van der Waals surface area contributed by atoms with E-state index in [0.717, 1.165) is 10.8 Å². The Bertz CT molecular complexity index is 956.